The van der Waals surface area contributed by atoms with Crippen LogP contribution in [0.4, 0.5) is 0 Å². The number of hydrazone groups is 1. The van der Waals surface area contributed by atoms with Gasteiger partial charge < -0.3 is 0 Å². The molecule has 2 aliphatic rings. The Morgan fingerprint density at radius 1 is 1.62 bits per heavy atom. The van der Waals surface area contributed by atoms with Crippen LogP contribution in [-0.4, -0.2) is 35.2 Å². The summed E-state index contributed by atoms with van der Waals surface area (Å²) in [7, 11) is 1.53. The summed E-state index contributed by atoms with van der Waals surface area (Å²) >= 11 is 0. The number of hydrogen-bond donors (Lipinski definition) is 1. The number of hydroxylamine groups is 1. The predicted octanol–water partition coefficient (Wildman–Crippen LogP) is -0.975. The third kappa shape index (κ3) is 0.951. The van der Waals surface area contributed by atoms with E-state index in [1.54, 1.807) is 6.92 Å². The molecule has 1 saturated heterocycles. The largest absolute Gasteiger partial charge is 0.283 e. The van der Waals surface area contributed by atoms with Crippen molar-refractivity contribution in [1.82, 2.24) is 10.5 Å². The fraction of sp³-hybridized carbons (Fsp3) is 0.571. The number of carbonyl (C=O) groups is 2. The molecule has 70 valence electrons. The Hall–Kier alpha value is -1.43. The van der Waals surface area contributed by atoms with Crippen molar-refractivity contribution in [1.29, 1.82) is 0 Å². The SMILES string of the molecule is CN1N=C2CC(=O)NOC2(C)C1=O. The number of nitrogens with zero attached hydrogens (tertiary/aromatic N) is 2. The van der Waals surface area contributed by atoms with Gasteiger partial charge in [-0.2, -0.15) is 5.10 Å². The van der Waals surface area contributed by atoms with Crippen molar-refractivity contribution in [3.63, 3.8) is 0 Å². The second kappa shape index (κ2) is 2.29. The molecule has 2 aliphatic heterocycles. The first-order chi connectivity index (χ1) is 6.04. The van der Waals surface area contributed by atoms with Crippen molar-refractivity contribution in [2.24, 2.45) is 5.10 Å². The minimum absolute atomic E-state index is 0.118. The zero-order chi connectivity index (χ0) is 9.64. The molecule has 6 heteroatoms. The fourth-order valence-electron chi connectivity index (χ4n) is 1.41. The molecule has 2 heterocycles. The topological polar surface area (TPSA) is 71.0 Å². The maximum atomic E-state index is 11.5. The van der Waals surface area contributed by atoms with Crippen molar-refractivity contribution in [3.8, 4) is 0 Å². The van der Waals surface area contributed by atoms with Crippen LogP contribution in [0.2, 0.25) is 0 Å². The van der Waals surface area contributed by atoms with Crippen LogP contribution in [0.3, 0.4) is 0 Å². The molecule has 1 unspecified atom stereocenters. The Labute approximate surface area is 74.5 Å². The van der Waals surface area contributed by atoms with Gasteiger partial charge in [0.05, 0.1) is 12.1 Å². The third-order valence-corrected chi connectivity index (χ3v) is 2.22. The van der Waals surface area contributed by atoms with Crippen LogP contribution in [0.5, 0.6) is 0 Å². The van der Waals surface area contributed by atoms with Gasteiger partial charge in [-0.1, -0.05) is 0 Å². The van der Waals surface area contributed by atoms with Crippen LogP contribution in [0.1, 0.15) is 13.3 Å². The van der Waals surface area contributed by atoms with E-state index < -0.39 is 5.60 Å². The lowest BCUT2D eigenvalue weighted by atomic mass is 9.96. The predicted molar refractivity (Wildman–Crippen MR) is 42.5 cm³/mol. The van der Waals surface area contributed by atoms with E-state index in [2.05, 4.69) is 10.6 Å². The smallest absolute Gasteiger partial charge is 0.272 e. The molecule has 0 bridgehead atoms. The highest BCUT2D eigenvalue weighted by Crippen LogP contribution is 2.26. The fourth-order valence-corrected chi connectivity index (χ4v) is 1.41. The Kier molecular flexibility index (Phi) is 1.44. The lowest BCUT2D eigenvalue weighted by Gasteiger charge is -2.27. The number of likely N-dealkylation sites (N-methyl/N-ethyl adjacent to an activating group) is 1. The van der Waals surface area contributed by atoms with Crippen LogP contribution >= 0.6 is 0 Å². The van der Waals surface area contributed by atoms with E-state index in [1.165, 1.54) is 12.1 Å². The zero-order valence-corrected chi connectivity index (χ0v) is 7.33. The number of hydrogen-bond acceptors (Lipinski definition) is 4. The third-order valence-electron chi connectivity index (χ3n) is 2.22. The summed E-state index contributed by atoms with van der Waals surface area (Å²) in [6.07, 6.45) is 0.118. The highest BCUT2D eigenvalue weighted by molar-refractivity contribution is 6.20. The molecule has 13 heavy (non-hydrogen) atoms. The second-order valence-electron chi connectivity index (χ2n) is 3.21. The zero-order valence-electron chi connectivity index (χ0n) is 7.33. The van der Waals surface area contributed by atoms with Crippen molar-refractivity contribution >= 4 is 17.5 Å². The summed E-state index contributed by atoms with van der Waals surface area (Å²) in [5, 5.41) is 5.12. The highest BCUT2D eigenvalue weighted by atomic mass is 16.7. The molecule has 1 N–H and O–H groups in total. The summed E-state index contributed by atoms with van der Waals surface area (Å²) in [5.74, 6) is -0.540. The first-order valence-corrected chi connectivity index (χ1v) is 3.87. The minimum atomic E-state index is -1.09. The first-order valence-electron chi connectivity index (χ1n) is 3.87. The van der Waals surface area contributed by atoms with Gasteiger partial charge in [0.2, 0.25) is 11.5 Å². The highest BCUT2D eigenvalue weighted by Gasteiger charge is 2.51. The summed E-state index contributed by atoms with van der Waals surface area (Å²) in [4.78, 5) is 27.4. The second-order valence-corrected chi connectivity index (χ2v) is 3.21. The molecule has 1 atom stereocenters. The van der Waals surface area contributed by atoms with Crippen molar-refractivity contribution in [2.75, 3.05) is 7.05 Å². The van der Waals surface area contributed by atoms with Gasteiger partial charge in [0.25, 0.3) is 5.91 Å². The first kappa shape index (κ1) is 8.18. The van der Waals surface area contributed by atoms with Crippen molar-refractivity contribution < 1.29 is 14.4 Å². The Balaban J connectivity index is 2.37. The summed E-state index contributed by atoms with van der Waals surface area (Å²) in [5.41, 5.74) is 1.54. The molecule has 0 aromatic heterocycles. The Morgan fingerprint density at radius 2 is 2.31 bits per heavy atom. The maximum absolute atomic E-state index is 11.5. The van der Waals surface area contributed by atoms with Crippen molar-refractivity contribution in [3.05, 3.63) is 0 Å². The minimum Gasteiger partial charge on any atom is -0.272 e. The average molecular weight is 183 g/mol. The summed E-state index contributed by atoms with van der Waals surface area (Å²) in [6.45, 7) is 1.59. The summed E-state index contributed by atoms with van der Waals surface area (Å²) < 4.78 is 0. The maximum Gasteiger partial charge on any atom is 0.283 e. The van der Waals surface area contributed by atoms with Gasteiger partial charge >= 0.3 is 0 Å². The number of carbonyl (C=O) groups excluding carboxylic acids is 2. The van der Waals surface area contributed by atoms with E-state index in [0.29, 0.717) is 5.71 Å². The van der Waals surface area contributed by atoms with Gasteiger partial charge in [0.1, 0.15) is 0 Å². The Morgan fingerprint density at radius 3 is 3.00 bits per heavy atom. The molecule has 1 fully saturated rings. The summed E-state index contributed by atoms with van der Waals surface area (Å²) in [6, 6.07) is 0. The Bertz CT molecular complexity index is 325. The molecule has 2 rings (SSSR count). The van der Waals surface area contributed by atoms with Gasteiger partial charge in [-0.05, 0) is 6.92 Å². The van der Waals surface area contributed by atoms with Gasteiger partial charge in [-0.3, -0.25) is 14.4 Å². The molecular formula is C7H9N3O3. The lowest BCUT2D eigenvalue weighted by molar-refractivity contribution is -0.160. The number of nitrogens with one attached hydrogen (secondary N) is 1. The number of rotatable bonds is 0. The molecule has 0 saturated carbocycles. The molecule has 0 aromatic rings. The van der Waals surface area contributed by atoms with E-state index in [0.717, 1.165) is 0 Å². The molecule has 0 aliphatic carbocycles. The molecular weight excluding hydrogens is 174 g/mol. The molecule has 6 nitrogen and oxygen atoms in total. The van der Waals surface area contributed by atoms with Gasteiger partial charge in [0, 0.05) is 7.05 Å². The number of amides is 2. The average Bonchev–Trinajstić information content (AvgIpc) is 2.29. The molecule has 0 spiro atoms. The normalized spacial score (nSPS) is 32.8. The van der Waals surface area contributed by atoms with Crippen LogP contribution < -0.4 is 5.48 Å². The number of fused-ring (bicyclic) bond motifs is 1. The quantitative estimate of drug-likeness (QED) is 0.525. The van der Waals surface area contributed by atoms with Crippen LogP contribution in [-0.2, 0) is 14.4 Å². The van der Waals surface area contributed by atoms with E-state index in [-0.39, 0.29) is 18.2 Å². The monoisotopic (exact) mass is 183 g/mol. The van der Waals surface area contributed by atoms with Crippen molar-refractivity contribution in [2.45, 2.75) is 18.9 Å². The molecule has 2 amide bonds. The van der Waals surface area contributed by atoms with Crippen LogP contribution in [0.15, 0.2) is 5.10 Å². The lowest BCUT2D eigenvalue weighted by Crippen LogP contribution is -2.54. The van der Waals surface area contributed by atoms with E-state index in [9.17, 15) is 9.59 Å². The molecule has 0 aromatic carbocycles. The van der Waals surface area contributed by atoms with Crippen LogP contribution in [0.25, 0.3) is 0 Å². The van der Waals surface area contributed by atoms with Gasteiger partial charge in [0.15, 0.2) is 0 Å². The standard InChI is InChI=1S/C7H9N3O3/c1-7-4(3-5(11)9-13-7)8-10(2)6(7)12/h3H2,1-2H3,(H,9,11). The van der Waals surface area contributed by atoms with E-state index in [4.69, 9.17) is 4.84 Å². The molecule has 0 radical (unpaired) electrons. The van der Waals surface area contributed by atoms with E-state index in [1.807, 2.05) is 0 Å². The van der Waals surface area contributed by atoms with Crippen LogP contribution in [0, 0.1) is 0 Å². The van der Waals surface area contributed by atoms with Gasteiger partial charge in [-0.25, -0.2) is 10.5 Å². The van der Waals surface area contributed by atoms with E-state index >= 15 is 0 Å². The van der Waals surface area contributed by atoms with Gasteiger partial charge in [-0.15, -0.1) is 0 Å².